The van der Waals surface area contributed by atoms with E-state index >= 15 is 0 Å². The highest BCUT2D eigenvalue weighted by molar-refractivity contribution is 6.09. The third kappa shape index (κ3) is 4.12. The van der Waals surface area contributed by atoms with Crippen LogP contribution in [0.3, 0.4) is 0 Å². The highest BCUT2D eigenvalue weighted by Gasteiger charge is 2.33. The molecule has 1 aliphatic heterocycles. The number of nitrogens with one attached hydrogen (secondary N) is 1. The molecule has 0 saturated carbocycles. The number of benzene rings is 2. The Morgan fingerprint density at radius 1 is 1.25 bits per heavy atom. The van der Waals surface area contributed by atoms with Crippen molar-refractivity contribution in [2.45, 2.75) is 19.9 Å². The molecule has 2 heterocycles. The number of hydrogen-bond acceptors (Lipinski definition) is 5. The summed E-state index contributed by atoms with van der Waals surface area (Å²) in [5.74, 6) is 0.333. The summed E-state index contributed by atoms with van der Waals surface area (Å²) in [4.78, 5) is 17.9. The minimum absolute atomic E-state index is 0.00487. The molecular weight excluding hydrogens is 411 g/mol. The summed E-state index contributed by atoms with van der Waals surface area (Å²) in [5.41, 5.74) is 3.79. The van der Waals surface area contributed by atoms with Gasteiger partial charge >= 0.3 is 6.09 Å². The monoisotopic (exact) mass is 434 g/mol. The highest BCUT2D eigenvalue weighted by Crippen LogP contribution is 2.29. The number of hydrogen-bond donors (Lipinski definition) is 1. The smallest absolute Gasteiger partial charge is 0.416 e. The normalized spacial score (nSPS) is 16.2. The molecular formula is C24H23FN4O3. The van der Waals surface area contributed by atoms with Gasteiger partial charge in [-0.2, -0.15) is 0 Å². The van der Waals surface area contributed by atoms with Crippen molar-refractivity contribution in [3.05, 3.63) is 83.2 Å². The van der Waals surface area contributed by atoms with Gasteiger partial charge in [0, 0.05) is 11.8 Å². The zero-order valence-corrected chi connectivity index (χ0v) is 18.0. The van der Waals surface area contributed by atoms with Gasteiger partial charge in [-0.3, -0.25) is 10.3 Å². The molecule has 1 amide bonds. The fourth-order valence-corrected chi connectivity index (χ4v) is 3.63. The van der Waals surface area contributed by atoms with Crippen molar-refractivity contribution in [3.63, 3.8) is 0 Å². The molecule has 0 aliphatic carbocycles. The number of ether oxygens (including phenoxy) is 2. The van der Waals surface area contributed by atoms with E-state index in [2.05, 4.69) is 4.98 Å². The van der Waals surface area contributed by atoms with Gasteiger partial charge in [0.05, 0.1) is 30.9 Å². The van der Waals surface area contributed by atoms with Crippen LogP contribution in [0.5, 0.6) is 5.75 Å². The van der Waals surface area contributed by atoms with Crippen molar-refractivity contribution >= 4 is 18.0 Å². The molecule has 1 aliphatic rings. The summed E-state index contributed by atoms with van der Waals surface area (Å²) in [6.45, 7) is 3.68. The number of aromatic nitrogens is 2. The summed E-state index contributed by atoms with van der Waals surface area (Å²) >= 11 is 0. The van der Waals surface area contributed by atoms with E-state index in [-0.39, 0.29) is 18.3 Å². The maximum absolute atomic E-state index is 13.3. The maximum atomic E-state index is 13.3. The summed E-state index contributed by atoms with van der Waals surface area (Å²) in [6, 6.07) is 11.0. The average Bonchev–Trinajstić information content (AvgIpc) is 3.22. The lowest BCUT2D eigenvalue weighted by atomic mass is 10.0. The van der Waals surface area contributed by atoms with Gasteiger partial charge in [-0.05, 0) is 55.3 Å². The van der Waals surface area contributed by atoms with E-state index in [9.17, 15) is 9.18 Å². The molecule has 1 atom stereocenters. The predicted molar refractivity (Wildman–Crippen MR) is 119 cm³/mol. The van der Waals surface area contributed by atoms with Crippen molar-refractivity contribution in [1.29, 1.82) is 5.41 Å². The van der Waals surface area contributed by atoms with E-state index in [1.54, 1.807) is 38.6 Å². The van der Waals surface area contributed by atoms with Crippen LogP contribution in [0, 0.1) is 18.2 Å². The Labute approximate surface area is 185 Å². The van der Waals surface area contributed by atoms with Crippen LogP contribution in [0.2, 0.25) is 0 Å². The number of nitrogens with zero attached hydrogens (tertiary/aromatic N) is 3. The fraction of sp³-hybridized carbons (Fsp3) is 0.208. The summed E-state index contributed by atoms with van der Waals surface area (Å²) in [6.07, 6.45) is 4.81. The Hall–Kier alpha value is -3.94. The first-order valence-electron chi connectivity index (χ1n) is 10.1. The topological polar surface area (TPSA) is 80.4 Å². The molecule has 0 radical (unpaired) electrons. The Morgan fingerprint density at radius 2 is 2.00 bits per heavy atom. The second kappa shape index (κ2) is 8.66. The van der Waals surface area contributed by atoms with Crippen molar-refractivity contribution in [1.82, 2.24) is 14.5 Å². The molecule has 0 spiro atoms. The quantitative estimate of drug-likeness (QED) is 0.619. The molecule has 1 aromatic heterocycles. The first kappa shape index (κ1) is 21.3. The lowest BCUT2D eigenvalue weighted by Gasteiger charge is -2.33. The van der Waals surface area contributed by atoms with Crippen LogP contribution in [0.15, 0.2) is 60.6 Å². The Bertz CT molecular complexity index is 1200. The number of imidazole rings is 1. The van der Waals surface area contributed by atoms with Gasteiger partial charge in [-0.15, -0.1) is 0 Å². The van der Waals surface area contributed by atoms with E-state index in [1.165, 1.54) is 17.0 Å². The molecule has 7 nitrogen and oxygen atoms in total. The molecule has 1 N–H and O–H groups in total. The second-order valence-corrected chi connectivity index (χ2v) is 7.52. The minimum atomic E-state index is -0.604. The van der Waals surface area contributed by atoms with Crippen molar-refractivity contribution in [2.24, 2.45) is 0 Å². The molecule has 3 aromatic rings. The summed E-state index contributed by atoms with van der Waals surface area (Å²) in [7, 11) is 1.59. The van der Waals surface area contributed by atoms with E-state index < -0.39 is 12.1 Å². The van der Waals surface area contributed by atoms with E-state index in [0.29, 0.717) is 16.9 Å². The molecule has 0 bridgehead atoms. The van der Waals surface area contributed by atoms with Gasteiger partial charge in [0.15, 0.2) is 0 Å². The lowest BCUT2D eigenvalue weighted by Crippen LogP contribution is -2.44. The van der Waals surface area contributed by atoms with Crippen LogP contribution in [-0.4, -0.2) is 40.1 Å². The molecule has 1 saturated heterocycles. The average molecular weight is 434 g/mol. The highest BCUT2D eigenvalue weighted by atomic mass is 19.1. The first-order valence-corrected chi connectivity index (χ1v) is 10.1. The molecule has 1 unspecified atom stereocenters. The van der Waals surface area contributed by atoms with Crippen molar-refractivity contribution < 1.29 is 18.7 Å². The second-order valence-electron chi connectivity index (χ2n) is 7.52. The summed E-state index contributed by atoms with van der Waals surface area (Å²) < 4.78 is 26.0. The number of methoxy groups -OCH3 is 1. The van der Waals surface area contributed by atoms with Gasteiger partial charge < -0.3 is 14.0 Å². The van der Waals surface area contributed by atoms with Crippen molar-refractivity contribution in [3.8, 4) is 11.4 Å². The minimum Gasteiger partial charge on any atom is -0.495 e. The molecule has 1 fully saturated rings. The van der Waals surface area contributed by atoms with Crippen LogP contribution < -0.4 is 4.74 Å². The van der Waals surface area contributed by atoms with Crippen LogP contribution in [0.4, 0.5) is 9.18 Å². The number of cyclic esters (lactones) is 1. The number of halogens is 1. The van der Waals surface area contributed by atoms with Gasteiger partial charge in [0.2, 0.25) is 0 Å². The zero-order chi connectivity index (χ0) is 22.8. The first-order chi connectivity index (χ1) is 15.4. The van der Waals surface area contributed by atoms with Crippen LogP contribution in [0.25, 0.3) is 11.8 Å². The Kier molecular flexibility index (Phi) is 5.77. The number of rotatable bonds is 5. The number of amidine groups is 1. The number of carbonyl (C=O) groups excluding carboxylic acids is 1. The maximum Gasteiger partial charge on any atom is 0.416 e. The Balaban J connectivity index is 1.63. The van der Waals surface area contributed by atoms with Gasteiger partial charge in [0.25, 0.3) is 0 Å². The Morgan fingerprint density at radius 3 is 2.66 bits per heavy atom. The number of aryl methyl sites for hydroxylation is 1. The summed E-state index contributed by atoms with van der Waals surface area (Å²) in [5, 5.41) is 8.62. The third-order valence-corrected chi connectivity index (χ3v) is 5.37. The van der Waals surface area contributed by atoms with E-state index in [4.69, 9.17) is 14.9 Å². The van der Waals surface area contributed by atoms with Crippen LogP contribution >= 0.6 is 0 Å². The lowest BCUT2D eigenvalue weighted by molar-refractivity contribution is 0.114. The standard InChI is InChI=1S/C24H23FN4O3/c1-15-12-28(14-27-15)21-9-4-17(11-22(21)31-3)10-19-13-32-24(30)29(23(19)26)16(2)18-5-7-20(25)8-6-18/h4-12,14,16,26H,13H2,1-3H3/b19-10+,26-23?. The molecule has 4 rings (SSSR count). The van der Waals surface area contributed by atoms with Gasteiger partial charge in [0.1, 0.15) is 24.0 Å². The van der Waals surface area contributed by atoms with Crippen LogP contribution in [0.1, 0.15) is 29.8 Å². The molecule has 8 heteroatoms. The largest absolute Gasteiger partial charge is 0.495 e. The molecule has 32 heavy (non-hydrogen) atoms. The number of carbonyl (C=O) groups is 1. The third-order valence-electron chi connectivity index (χ3n) is 5.37. The predicted octanol–water partition coefficient (Wildman–Crippen LogP) is 4.90. The molecule has 164 valence electrons. The SMILES string of the molecule is COc1cc(/C=C2\COC(=O)N(C(C)c3ccc(F)cc3)C2=N)ccc1-n1cnc(C)c1. The van der Waals surface area contributed by atoms with Gasteiger partial charge in [-0.1, -0.05) is 18.2 Å². The van der Waals surface area contributed by atoms with E-state index in [0.717, 1.165) is 16.9 Å². The zero-order valence-electron chi connectivity index (χ0n) is 18.0. The van der Waals surface area contributed by atoms with Crippen LogP contribution in [-0.2, 0) is 4.74 Å². The fourth-order valence-electron chi connectivity index (χ4n) is 3.63. The van der Waals surface area contributed by atoms with Gasteiger partial charge in [-0.25, -0.2) is 14.2 Å². The molecule has 2 aromatic carbocycles. The number of amides is 1. The van der Waals surface area contributed by atoms with Crippen molar-refractivity contribution in [2.75, 3.05) is 13.7 Å². The van der Waals surface area contributed by atoms with E-state index in [1.807, 2.05) is 35.9 Å².